The Kier molecular flexibility index (Phi) is 4.16. The summed E-state index contributed by atoms with van der Waals surface area (Å²) in [6.45, 7) is 4.70. The lowest BCUT2D eigenvalue weighted by molar-refractivity contribution is 0.198. The van der Waals surface area contributed by atoms with Gasteiger partial charge in [-0.1, -0.05) is 31.5 Å². The summed E-state index contributed by atoms with van der Waals surface area (Å²) in [6, 6.07) is 4.90. The predicted molar refractivity (Wildman–Crippen MR) is 79.7 cm³/mol. The molecule has 0 bridgehead atoms. The average Bonchev–Trinajstić information content (AvgIpc) is 2.57. The van der Waals surface area contributed by atoms with Gasteiger partial charge in [0.1, 0.15) is 11.9 Å². The van der Waals surface area contributed by atoms with Crippen molar-refractivity contribution in [2.45, 2.75) is 19.9 Å². The highest BCUT2D eigenvalue weighted by atomic mass is 79.9. The first-order chi connectivity index (χ1) is 8.90. The molecule has 0 aliphatic carbocycles. The van der Waals surface area contributed by atoms with Crippen LogP contribution < -0.4 is 5.32 Å². The van der Waals surface area contributed by atoms with Crippen molar-refractivity contribution in [1.29, 1.82) is 5.41 Å². The van der Waals surface area contributed by atoms with Gasteiger partial charge >= 0.3 is 6.03 Å². The molecule has 1 unspecified atom stereocenters. The highest BCUT2D eigenvalue weighted by Gasteiger charge is 2.36. The molecular weight excluding hydrogens is 330 g/mol. The molecule has 0 radical (unpaired) electrons. The van der Waals surface area contributed by atoms with Gasteiger partial charge in [-0.15, -0.1) is 0 Å². The van der Waals surface area contributed by atoms with Crippen LogP contribution in [0.15, 0.2) is 22.7 Å². The third kappa shape index (κ3) is 2.92. The Balaban J connectivity index is 2.36. The number of halogens is 2. The number of urea groups is 1. The molecule has 1 aromatic carbocycles. The molecule has 102 valence electrons. The number of benzene rings is 1. The second-order valence-electron chi connectivity index (χ2n) is 4.97. The minimum atomic E-state index is -0.358. The summed E-state index contributed by atoms with van der Waals surface area (Å²) in [4.78, 5) is 13.6. The monoisotopic (exact) mass is 343 g/mol. The molecule has 1 aromatic rings. The van der Waals surface area contributed by atoms with Crippen LogP contribution in [-0.2, 0) is 0 Å². The molecular formula is C13H15BrClN3O. The fraction of sp³-hybridized carbons (Fsp3) is 0.385. The summed E-state index contributed by atoms with van der Waals surface area (Å²) < 4.78 is 0.767. The van der Waals surface area contributed by atoms with Crippen molar-refractivity contribution in [2.75, 3.05) is 6.54 Å². The molecule has 19 heavy (non-hydrogen) atoms. The Hall–Kier alpha value is -1.07. The number of amides is 2. The van der Waals surface area contributed by atoms with E-state index in [9.17, 15) is 4.79 Å². The van der Waals surface area contributed by atoms with E-state index in [4.69, 9.17) is 17.0 Å². The molecule has 0 spiro atoms. The summed E-state index contributed by atoms with van der Waals surface area (Å²) >= 11 is 9.35. The summed E-state index contributed by atoms with van der Waals surface area (Å²) in [5.74, 6) is 0.551. The van der Waals surface area contributed by atoms with E-state index in [1.165, 1.54) is 0 Å². The van der Waals surface area contributed by atoms with Crippen LogP contribution in [0.4, 0.5) is 4.79 Å². The first-order valence-corrected chi connectivity index (χ1v) is 7.18. The minimum absolute atomic E-state index is 0.208. The van der Waals surface area contributed by atoms with Crippen LogP contribution in [-0.4, -0.2) is 23.3 Å². The highest BCUT2D eigenvalue weighted by Crippen LogP contribution is 2.31. The molecule has 1 fully saturated rings. The molecule has 0 saturated carbocycles. The number of nitrogens with zero attached hydrogens (tertiary/aromatic N) is 1. The SMILES string of the molecule is CC(C)CN1C(=O)NC(=N)C1c1ccc(Cl)c(Br)c1. The second kappa shape index (κ2) is 5.51. The molecule has 2 N–H and O–H groups in total. The third-order valence-electron chi connectivity index (χ3n) is 2.91. The van der Waals surface area contributed by atoms with E-state index in [1.807, 2.05) is 26.0 Å². The summed E-state index contributed by atoms with van der Waals surface area (Å²) in [5, 5.41) is 11.1. The van der Waals surface area contributed by atoms with Gasteiger partial charge < -0.3 is 4.90 Å². The molecule has 2 amide bonds. The van der Waals surface area contributed by atoms with E-state index in [2.05, 4.69) is 21.2 Å². The average molecular weight is 345 g/mol. The first-order valence-electron chi connectivity index (χ1n) is 6.01. The molecule has 4 nitrogen and oxygen atoms in total. The lowest BCUT2D eigenvalue weighted by atomic mass is 10.0. The summed E-state index contributed by atoms with van der Waals surface area (Å²) in [7, 11) is 0. The molecule has 1 atom stereocenters. The largest absolute Gasteiger partial charge is 0.323 e. The van der Waals surface area contributed by atoms with E-state index in [0.717, 1.165) is 10.0 Å². The number of carbonyl (C=O) groups is 1. The van der Waals surface area contributed by atoms with Gasteiger partial charge in [0.25, 0.3) is 0 Å². The third-order valence-corrected chi connectivity index (χ3v) is 4.12. The molecule has 2 rings (SSSR count). The zero-order valence-electron chi connectivity index (χ0n) is 10.7. The molecule has 6 heteroatoms. The Labute approximate surface area is 125 Å². The van der Waals surface area contributed by atoms with Gasteiger partial charge in [0.2, 0.25) is 0 Å². The molecule has 1 heterocycles. The van der Waals surface area contributed by atoms with E-state index < -0.39 is 0 Å². The predicted octanol–water partition coefficient (Wildman–Crippen LogP) is 3.80. The van der Waals surface area contributed by atoms with Crippen LogP contribution in [0.1, 0.15) is 25.5 Å². The van der Waals surface area contributed by atoms with Crippen molar-refractivity contribution in [3.63, 3.8) is 0 Å². The minimum Gasteiger partial charge on any atom is -0.310 e. The van der Waals surface area contributed by atoms with Crippen molar-refractivity contribution in [1.82, 2.24) is 10.2 Å². The van der Waals surface area contributed by atoms with Gasteiger partial charge in [-0.25, -0.2) is 4.79 Å². The van der Waals surface area contributed by atoms with E-state index in [0.29, 0.717) is 17.5 Å². The van der Waals surface area contributed by atoms with Crippen LogP contribution in [0.3, 0.4) is 0 Å². The van der Waals surface area contributed by atoms with Crippen LogP contribution in [0.25, 0.3) is 0 Å². The Morgan fingerprint density at radius 1 is 1.53 bits per heavy atom. The normalized spacial score (nSPS) is 19.2. The van der Waals surface area contributed by atoms with Crippen LogP contribution in [0.5, 0.6) is 0 Å². The van der Waals surface area contributed by atoms with Crippen LogP contribution in [0, 0.1) is 11.3 Å². The van der Waals surface area contributed by atoms with Gasteiger partial charge in [0.05, 0.1) is 5.02 Å². The maximum Gasteiger partial charge on any atom is 0.323 e. The fourth-order valence-corrected chi connectivity index (χ4v) is 2.65. The second-order valence-corrected chi connectivity index (χ2v) is 6.23. The van der Waals surface area contributed by atoms with Gasteiger partial charge in [0.15, 0.2) is 0 Å². The number of rotatable bonds is 3. The Morgan fingerprint density at radius 2 is 2.21 bits per heavy atom. The lowest BCUT2D eigenvalue weighted by Crippen LogP contribution is -2.33. The van der Waals surface area contributed by atoms with Crippen molar-refractivity contribution in [3.8, 4) is 0 Å². The molecule has 0 aromatic heterocycles. The molecule has 1 aliphatic rings. The number of amidine groups is 1. The van der Waals surface area contributed by atoms with Crippen LogP contribution in [0.2, 0.25) is 5.02 Å². The van der Waals surface area contributed by atoms with Crippen molar-refractivity contribution < 1.29 is 4.79 Å². The van der Waals surface area contributed by atoms with E-state index in [1.54, 1.807) is 11.0 Å². The van der Waals surface area contributed by atoms with Gasteiger partial charge in [-0.05, 0) is 39.5 Å². The quantitative estimate of drug-likeness (QED) is 0.861. The lowest BCUT2D eigenvalue weighted by Gasteiger charge is -2.24. The summed E-state index contributed by atoms with van der Waals surface area (Å²) in [5.41, 5.74) is 0.875. The zero-order valence-corrected chi connectivity index (χ0v) is 13.0. The topological polar surface area (TPSA) is 56.2 Å². The van der Waals surface area contributed by atoms with Gasteiger partial charge in [-0.2, -0.15) is 0 Å². The number of hydrogen-bond donors (Lipinski definition) is 2. The first kappa shape index (κ1) is 14.3. The number of nitrogens with one attached hydrogen (secondary N) is 2. The Bertz CT molecular complexity index is 533. The van der Waals surface area contributed by atoms with E-state index >= 15 is 0 Å². The smallest absolute Gasteiger partial charge is 0.310 e. The summed E-state index contributed by atoms with van der Waals surface area (Å²) in [6.07, 6.45) is 0. The van der Waals surface area contributed by atoms with Crippen molar-refractivity contribution >= 4 is 39.4 Å². The fourth-order valence-electron chi connectivity index (χ4n) is 2.14. The maximum atomic E-state index is 11.9. The standard InChI is InChI=1S/C13H15BrClN3O/c1-7(2)6-18-11(12(16)17-13(18)19)8-3-4-10(15)9(14)5-8/h3-5,7,11H,6H2,1-2H3,(H2,16,17,19). The molecule has 1 aliphatic heterocycles. The maximum absolute atomic E-state index is 11.9. The molecule has 1 saturated heterocycles. The van der Waals surface area contributed by atoms with Gasteiger partial charge in [-0.3, -0.25) is 10.7 Å². The van der Waals surface area contributed by atoms with Crippen LogP contribution >= 0.6 is 27.5 Å². The highest BCUT2D eigenvalue weighted by molar-refractivity contribution is 9.10. The number of hydrogen-bond acceptors (Lipinski definition) is 2. The zero-order chi connectivity index (χ0) is 14.2. The number of carbonyl (C=O) groups excluding carboxylic acids is 1. The van der Waals surface area contributed by atoms with Crippen molar-refractivity contribution in [2.24, 2.45) is 5.92 Å². The van der Waals surface area contributed by atoms with E-state index in [-0.39, 0.29) is 17.9 Å². The van der Waals surface area contributed by atoms with Gasteiger partial charge in [0, 0.05) is 11.0 Å². The Morgan fingerprint density at radius 3 is 2.79 bits per heavy atom. The van der Waals surface area contributed by atoms with Crippen molar-refractivity contribution in [3.05, 3.63) is 33.3 Å².